The molecule has 11 heteroatoms. The zero-order valence-electron chi connectivity index (χ0n) is 16.7. The molecule has 0 fully saturated rings. The standard InChI is InChI=1S/C14H18BrN3O4.C4H7BrO2/c1-4-22-11(19)6-17-7-16-18-10(13(20)8(2)3)5-9(15)12(18)14(17)21;1-2-7-4(6)3-5/h5,7-8,13,20H,4,6H2,1-3H3;2-3H2,1H3. The number of ether oxygens (including phenoxy) is 2. The fourth-order valence-corrected chi connectivity index (χ4v) is 3.05. The predicted molar refractivity (Wildman–Crippen MR) is 114 cm³/mol. The Morgan fingerprint density at radius 3 is 2.28 bits per heavy atom. The van der Waals surface area contributed by atoms with Crippen molar-refractivity contribution in [2.45, 2.75) is 40.3 Å². The van der Waals surface area contributed by atoms with Crippen molar-refractivity contribution in [3.63, 3.8) is 0 Å². The molecule has 2 aromatic heterocycles. The second kappa shape index (κ2) is 12.1. The summed E-state index contributed by atoms with van der Waals surface area (Å²) >= 11 is 6.26. The Labute approximate surface area is 185 Å². The Balaban J connectivity index is 0.000000516. The van der Waals surface area contributed by atoms with Crippen LogP contribution in [-0.4, -0.2) is 49.8 Å². The van der Waals surface area contributed by atoms with E-state index < -0.39 is 12.1 Å². The Kier molecular flexibility index (Phi) is 10.5. The van der Waals surface area contributed by atoms with Gasteiger partial charge in [0.2, 0.25) is 0 Å². The number of alkyl halides is 1. The summed E-state index contributed by atoms with van der Waals surface area (Å²) in [5.41, 5.74) is 0.427. The Morgan fingerprint density at radius 2 is 1.79 bits per heavy atom. The number of hydrogen-bond acceptors (Lipinski definition) is 7. The van der Waals surface area contributed by atoms with Crippen LogP contribution in [0.3, 0.4) is 0 Å². The van der Waals surface area contributed by atoms with E-state index in [0.717, 1.165) is 0 Å². The fourth-order valence-electron chi connectivity index (χ4n) is 2.32. The maximum absolute atomic E-state index is 12.5. The Bertz CT molecular complexity index is 894. The lowest BCUT2D eigenvalue weighted by molar-refractivity contribution is -0.144. The first-order valence-corrected chi connectivity index (χ1v) is 10.9. The summed E-state index contributed by atoms with van der Waals surface area (Å²) in [4.78, 5) is 34.1. The number of aliphatic hydroxyl groups excluding tert-OH is 1. The third kappa shape index (κ3) is 6.93. The number of aromatic nitrogens is 3. The number of esters is 2. The lowest BCUT2D eigenvalue weighted by Crippen LogP contribution is -2.28. The van der Waals surface area contributed by atoms with Gasteiger partial charge in [0.25, 0.3) is 5.56 Å². The quantitative estimate of drug-likeness (QED) is 0.425. The SMILES string of the molecule is CCOC(=O)CBr.CCOC(=O)Cn1cnn2c(C(O)C(C)C)cc(Br)c2c1=O. The largest absolute Gasteiger partial charge is 0.465 e. The fraction of sp³-hybridized carbons (Fsp3) is 0.556. The number of fused-ring (bicyclic) bond motifs is 1. The van der Waals surface area contributed by atoms with E-state index in [9.17, 15) is 19.5 Å². The highest BCUT2D eigenvalue weighted by molar-refractivity contribution is 9.10. The van der Waals surface area contributed by atoms with Gasteiger partial charge < -0.3 is 14.6 Å². The van der Waals surface area contributed by atoms with Gasteiger partial charge in [-0.05, 0) is 41.8 Å². The van der Waals surface area contributed by atoms with Gasteiger partial charge in [-0.2, -0.15) is 5.10 Å². The van der Waals surface area contributed by atoms with Crippen LogP contribution in [0.1, 0.15) is 39.5 Å². The highest BCUT2D eigenvalue weighted by Crippen LogP contribution is 2.27. The molecule has 1 atom stereocenters. The highest BCUT2D eigenvalue weighted by atomic mass is 79.9. The number of halogens is 2. The molecule has 2 rings (SSSR count). The van der Waals surface area contributed by atoms with E-state index in [1.54, 1.807) is 19.9 Å². The number of hydrogen-bond donors (Lipinski definition) is 1. The number of aliphatic hydroxyl groups is 1. The molecule has 162 valence electrons. The smallest absolute Gasteiger partial charge is 0.326 e. The zero-order chi connectivity index (χ0) is 22.1. The molecule has 0 aliphatic carbocycles. The van der Waals surface area contributed by atoms with Gasteiger partial charge in [-0.1, -0.05) is 29.8 Å². The van der Waals surface area contributed by atoms with Gasteiger partial charge in [-0.25, -0.2) is 4.52 Å². The molecule has 29 heavy (non-hydrogen) atoms. The number of carbonyl (C=O) groups excluding carboxylic acids is 2. The van der Waals surface area contributed by atoms with Gasteiger partial charge in [0, 0.05) is 0 Å². The van der Waals surface area contributed by atoms with Crippen LogP contribution in [0.2, 0.25) is 0 Å². The van der Waals surface area contributed by atoms with Crippen LogP contribution in [0, 0.1) is 5.92 Å². The molecule has 0 aliphatic heterocycles. The molecule has 1 unspecified atom stereocenters. The van der Waals surface area contributed by atoms with Crippen LogP contribution in [0.5, 0.6) is 0 Å². The Hall–Kier alpha value is -1.72. The predicted octanol–water partition coefficient (Wildman–Crippen LogP) is 2.46. The van der Waals surface area contributed by atoms with E-state index in [4.69, 9.17) is 4.74 Å². The molecule has 0 bridgehead atoms. The molecule has 2 heterocycles. The van der Waals surface area contributed by atoms with Gasteiger partial charge in [0.05, 0.1) is 29.5 Å². The van der Waals surface area contributed by atoms with Gasteiger partial charge in [-0.3, -0.25) is 19.0 Å². The van der Waals surface area contributed by atoms with Crippen molar-refractivity contribution in [2.75, 3.05) is 18.5 Å². The van der Waals surface area contributed by atoms with Crippen LogP contribution in [-0.2, 0) is 25.6 Å². The van der Waals surface area contributed by atoms with E-state index >= 15 is 0 Å². The summed E-state index contributed by atoms with van der Waals surface area (Å²) in [6.45, 7) is 7.74. The van der Waals surface area contributed by atoms with Crippen LogP contribution in [0.4, 0.5) is 0 Å². The summed E-state index contributed by atoms with van der Waals surface area (Å²) in [5, 5.41) is 14.7. The molecule has 0 amide bonds. The van der Waals surface area contributed by atoms with E-state index in [1.165, 1.54) is 15.4 Å². The van der Waals surface area contributed by atoms with Crippen molar-refractivity contribution in [3.8, 4) is 0 Å². The van der Waals surface area contributed by atoms with E-state index in [0.29, 0.717) is 22.1 Å². The van der Waals surface area contributed by atoms with Crippen LogP contribution in [0.15, 0.2) is 21.7 Å². The summed E-state index contributed by atoms with van der Waals surface area (Å²) in [6.07, 6.45) is 0.529. The average Bonchev–Trinajstić information content (AvgIpc) is 3.01. The molecule has 0 saturated heterocycles. The minimum absolute atomic E-state index is 0.0197. The third-order valence-electron chi connectivity index (χ3n) is 3.68. The third-order valence-corrected chi connectivity index (χ3v) is 4.74. The average molecular weight is 539 g/mol. The molecular weight excluding hydrogens is 514 g/mol. The normalized spacial score (nSPS) is 11.7. The minimum Gasteiger partial charge on any atom is -0.465 e. The first-order chi connectivity index (χ1) is 13.7. The number of rotatable bonds is 7. The van der Waals surface area contributed by atoms with Crippen LogP contribution in [0.25, 0.3) is 5.52 Å². The zero-order valence-corrected chi connectivity index (χ0v) is 19.9. The molecule has 2 aromatic rings. The van der Waals surface area contributed by atoms with Crippen molar-refractivity contribution < 1.29 is 24.2 Å². The van der Waals surface area contributed by atoms with Gasteiger partial charge >= 0.3 is 11.9 Å². The first kappa shape index (κ1) is 25.3. The molecule has 1 N–H and O–H groups in total. The van der Waals surface area contributed by atoms with Crippen molar-refractivity contribution in [2.24, 2.45) is 5.92 Å². The van der Waals surface area contributed by atoms with Crippen molar-refractivity contribution in [3.05, 3.63) is 32.9 Å². The molecule has 0 saturated carbocycles. The second-order valence-electron chi connectivity index (χ2n) is 6.17. The molecular formula is C18H25Br2N3O6. The van der Waals surface area contributed by atoms with Crippen LogP contribution < -0.4 is 5.56 Å². The maximum Gasteiger partial charge on any atom is 0.326 e. The van der Waals surface area contributed by atoms with Crippen molar-refractivity contribution in [1.82, 2.24) is 14.2 Å². The topological polar surface area (TPSA) is 112 Å². The summed E-state index contributed by atoms with van der Waals surface area (Å²) < 4.78 is 12.4. The Morgan fingerprint density at radius 1 is 1.21 bits per heavy atom. The first-order valence-electron chi connectivity index (χ1n) is 8.99. The van der Waals surface area contributed by atoms with E-state index in [2.05, 4.69) is 41.7 Å². The lowest BCUT2D eigenvalue weighted by Gasteiger charge is -2.14. The highest BCUT2D eigenvalue weighted by Gasteiger charge is 2.21. The number of carbonyl (C=O) groups is 2. The molecule has 0 aromatic carbocycles. The summed E-state index contributed by atoms with van der Waals surface area (Å²) in [6, 6.07) is 1.67. The van der Waals surface area contributed by atoms with Gasteiger partial charge in [0.15, 0.2) is 0 Å². The van der Waals surface area contributed by atoms with Crippen molar-refractivity contribution >= 4 is 49.3 Å². The van der Waals surface area contributed by atoms with E-state index in [1.807, 2.05) is 13.8 Å². The molecule has 0 radical (unpaired) electrons. The summed E-state index contributed by atoms with van der Waals surface area (Å²) in [7, 11) is 0. The minimum atomic E-state index is -0.744. The van der Waals surface area contributed by atoms with Gasteiger partial charge in [0.1, 0.15) is 23.7 Å². The summed E-state index contributed by atoms with van der Waals surface area (Å²) in [5.74, 6) is -0.725. The molecule has 9 nitrogen and oxygen atoms in total. The van der Waals surface area contributed by atoms with Crippen molar-refractivity contribution in [1.29, 1.82) is 0 Å². The van der Waals surface area contributed by atoms with Gasteiger partial charge in [-0.15, -0.1) is 0 Å². The van der Waals surface area contributed by atoms with Crippen LogP contribution >= 0.6 is 31.9 Å². The maximum atomic E-state index is 12.5. The number of nitrogens with zero attached hydrogens (tertiary/aromatic N) is 3. The molecule has 0 spiro atoms. The molecule has 0 aliphatic rings. The van der Waals surface area contributed by atoms with E-state index in [-0.39, 0.29) is 36.1 Å². The second-order valence-corrected chi connectivity index (χ2v) is 7.59. The monoisotopic (exact) mass is 537 g/mol. The lowest BCUT2D eigenvalue weighted by atomic mass is 10.1.